The van der Waals surface area contributed by atoms with Gasteiger partial charge >= 0.3 is 0 Å². The lowest BCUT2D eigenvalue weighted by Crippen LogP contribution is -2.61. The Hall–Kier alpha value is -2.11. The average molecular weight is 354 g/mol. The molecule has 0 N–H and O–H groups in total. The predicted molar refractivity (Wildman–Crippen MR) is 97.7 cm³/mol. The molecule has 0 saturated heterocycles. The first-order valence-corrected chi connectivity index (χ1v) is 10.0. The van der Waals surface area contributed by atoms with Gasteiger partial charge in [0, 0.05) is 18.9 Å². The second kappa shape index (κ2) is 5.96. The molecule has 3 aliphatic rings. The number of anilines is 1. The summed E-state index contributed by atoms with van der Waals surface area (Å²) in [6, 6.07) is 4.01. The van der Waals surface area contributed by atoms with Crippen LogP contribution in [-0.2, 0) is 10.3 Å². The molecule has 26 heavy (non-hydrogen) atoms. The van der Waals surface area contributed by atoms with Crippen LogP contribution in [-0.4, -0.2) is 26.7 Å². The number of amides is 1. The maximum atomic E-state index is 12.6. The monoisotopic (exact) mass is 354 g/mol. The first kappa shape index (κ1) is 16.1. The third-order valence-electron chi connectivity index (χ3n) is 6.78. The number of hydrogen-bond acceptors (Lipinski definition) is 4. The normalized spacial score (nSPS) is 27.2. The first-order chi connectivity index (χ1) is 12.7. The van der Waals surface area contributed by atoms with E-state index < -0.39 is 0 Å². The Morgan fingerprint density at radius 3 is 2.73 bits per heavy atom. The average Bonchev–Trinajstić information content (AvgIpc) is 3.33. The molecule has 2 aromatic heterocycles. The Morgan fingerprint density at radius 1 is 1.19 bits per heavy atom. The number of fused-ring (bicyclic) bond motifs is 4. The van der Waals surface area contributed by atoms with Crippen LogP contribution in [0.2, 0.25) is 0 Å². The van der Waals surface area contributed by atoms with E-state index >= 15 is 0 Å². The number of carbonyl (C=O) groups excluding carboxylic acids is 1. The Morgan fingerprint density at radius 2 is 2.00 bits per heavy atom. The van der Waals surface area contributed by atoms with Gasteiger partial charge < -0.3 is 4.42 Å². The quantitative estimate of drug-likeness (QED) is 0.773. The fourth-order valence-corrected chi connectivity index (χ4v) is 5.74. The van der Waals surface area contributed by atoms with E-state index in [1.165, 1.54) is 38.5 Å². The summed E-state index contributed by atoms with van der Waals surface area (Å²) in [7, 11) is 0. The maximum Gasteiger partial charge on any atom is 0.232 e. The van der Waals surface area contributed by atoms with Crippen LogP contribution in [0, 0.1) is 5.92 Å². The minimum absolute atomic E-state index is 0.0163. The molecule has 6 heteroatoms. The van der Waals surface area contributed by atoms with E-state index in [0.29, 0.717) is 17.5 Å². The van der Waals surface area contributed by atoms with E-state index in [-0.39, 0.29) is 17.5 Å². The SMILES string of the molecule is CC(=O)N1c2nc(-c3ccco3)nn2C2(CCCCC2)C2CCCCC21. The Balaban J connectivity index is 1.71. The molecule has 2 atom stereocenters. The van der Waals surface area contributed by atoms with E-state index in [1.807, 2.05) is 17.0 Å². The van der Waals surface area contributed by atoms with Gasteiger partial charge in [-0.2, -0.15) is 4.98 Å². The molecule has 0 aromatic carbocycles. The molecule has 1 spiro atoms. The van der Waals surface area contributed by atoms with Crippen LogP contribution in [0.25, 0.3) is 11.6 Å². The maximum absolute atomic E-state index is 12.6. The molecule has 2 unspecified atom stereocenters. The smallest absolute Gasteiger partial charge is 0.232 e. The molecule has 138 valence electrons. The van der Waals surface area contributed by atoms with Crippen molar-refractivity contribution in [2.24, 2.45) is 5.92 Å². The van der Waals surface area contributed by atoms with Crippen LogP contribution in [0.4, 0.5) is 5.95 Å². The summed E-state index contributed by atoms with van der Waals surface area (Å²) in [6.07, 6.45) is 12.4. The van der Waals surface area contributed by atoms with Gasteiger partial charge in [-0.15, -0.1) is 5.10 Å². The van der Waals surface area contributed by atoms with E-state index in [1.54, 1.807) is 13.2 Å². The zero-order valence-corrected chi connectivity index (χ0v) is 15.4. The highest BCUT2D eigenvalue weighted by Crippen LogP contribution is 2.53. The fraction of sp³-hybridized carbons (Fsp3) is 0.650. The third kappa shape index (κ3) is 2.20. The van der Waals surface area contributed by atoms with Crippen LogP contribution in [0.15, 0.2) is 22.8 Å². The molecule has 1 aliphatic heterocycles. The van der Waals surface area contributed by atoms with E-state index in [4.69, 9.17) is 14.5 Å². The first-order valence-electron chi connectivity index (χ1n) is 10.0. The van der Waals surface area contributed by atoms with Crippen LogP contribution >= 0.6 is 0 Å². The van der Waals surface area contributed by atoms with Crippen molar-refractivity contribution in [1.29, 1.82) is 0 Å². The van der Waals surface area contributed by atoms with Crippen molar-refractivity contribution in [3.8, 4) is 11.6 Å². The van der Waals surface area contributed by atoms with E-state index in [0.717, 1.165) is 25.2 Å². The number of furan rings is 1. The molecule has 1 amide bonds. The summed E-state index contributed by atoms with van der Waals surface area (Å²) in [6.45, 7) is 1.66. The summed E-state index contributed by atoms with van der Waals surface area (Å²) in [5.41, 5.74) is 0.0163. The van der Waals surface area contributed by atoms with Crippen molar-refractivity contribution >= 4 is 11.9 Å². The third-order valence-corrected chi connectivity index (χ3v) is 6.78. The number of hydrogen-bond donors (Lipinski definition) is 0. The van der Waals surface area contributed by atoms with Gasteiger partial charge in [-0.1, -0.05) is 32.1 Å². The summed E-state index contributed by atoms with van der Waals surface area (Å²) in [5.74, 6) is 2.56. The highest BCUT2D eigenvalue weighted by molar-refractivity contribution is 5.91. The minimum atomic E-state index is 0.0163. The zero-order chi connectivity index (χ0) is 17.7. The minimum Gasteiger partial charge on any atom is -0.461 e. The van der Waals surface area contributed by atoms with Gasteiger partial charge in [0.05, 0.1) is 11.8 Å². The van der Waals surface area contributed by atoms with Gasteiger partial charge in [-0.3, -0.25) is 9.69 Å². The van der Waals surface area contributed by atoms with Crippen LogP contribution in [0.5, 0.6) is 0 Å². The Labute approximate surface area is 153 Å². The summed E-state index contributed by atoms with van der Waals surface area (Å²) >= 11 is 0. The van der Waals surface area contributed by atoms with Crippen molar-refractivity contribution in [2.75, 3.05) is 4.90 Å². The van der Waals surface area contributed by atoms with Crippen LogP contribution < -0.4 is 4.90 Å². The predicted octanol–water partition coefficient (Wildman–Crippen LogP) is 4.12. The number of nitrogens with zero attached hydrogens (tertiary/aromatic N) is 4. The molecular formula is C20H26N4O2. The number of aromatic nitrogens is 3. The van der Waals surface area contributed by atoms with Gasteiger partial charge in [0.25, 0.3) is 0 Å². The summed E-state index contributed by atoms with van der Waals surface area (Å²) < 4.78 is 7.67. The lowest BCUT2D eigenvalue weighted by molar-refractivity contribution is -0.118. The molecule has 2 saturated carbocycles. The molecule has 0 radical (unpaired) electrons. The largest absolute Gasteiger partial charge is 0.461 e. The van der Waals surface area contributed by atoms with Crippen molar-refractivity contribution in [2.45, 2.75) is 76.3 Å². The van der Waals surface area contributed by atoms with Crippen LogP contribution in [0.3, 0.4) is 0 Å². The number of carbonyl (C=O) groups is 1. The summed E-state index contributed by atoms with van der Waals surface area (Å²) in [5, 5.41) is 4.91. The van der Waals surface area contributed by atoms with Crippen molar-refractivity contribution in [3.05, 3.63) is 18.4 Å². The second-order valence-electron chi connectivity index (χ2n) is 8.14. The standard InChI is InChI=1S/C20H26N4O2/c1-14(25)23-16-9-4-3-8-15(16)20(11-5-2-6-12-20)24-19(23)21-18(22-24)17-10-7-13-26-17/h7,10,13,15-16H,2-6,8-9,11-12H2,1H3. The van der Waals surface area contributed by atoms with Gasteiger partial charge in [0.15, 0.2) is 5.76 Å². The second-order valence-corrected chi connectivity index (χ2v) is 8.14. The topological polar surface area (TPSA) is 64.2 Å². The van der Waals surface area contributed by atoms with Crippen molar-refractivity contribution in [1.82, 2.24) is 14.8 Å². The molecule has 2 aliphatic carbocycles. The molecule has 0 bridgehead atoms. The van der Waals surface area contributed by atoms with Crippen molar-refractivity contribution in [3.63, 3.8) is 0 Å². The lowest BCUT2D eigenvalue weighted by Gasteiger charge is -2.55. The molecule has 6 nitrogen and oxygen atoms in total. The highest BCUT2D eigenvalue weighted by Gasteiger charge is 2.54. The highest BCUT2D eigenvalue weighted by atomic mass is 16.3. The van der Waals surface area contributed by atoms with Crippen LogP contribution in [0.1, 0.15) is 64.7 Å². The fourth-order valence-electron chi connectivity index (χ4n) is 5.74. The van der Waals surface area contributed by atoms with E-state index in [9.17, 15) is 4.79 Å². The molecule has 2 aromatic rings. The van der Waals surface area contributed by atoms with Gasteiger partial charge in [-0.05, 0) is 37.8 Å². The summed E-state index contributed by atoms with van der Waals surface area (Å²) in [4.78, 5) is 19.3. The Bertz CT molecular complexity index is 804. The van der Waals surface area contributed by atoms with Gasteiger partial charge in [0.1, 0.15) is 0 Å². The Kier molecular flexibility index (Phi) is 3.69. The molecule has 3 heterocycles. The molecule has 2 fully saturated rings. The number of rotatable bonds is 1. The molecular weight excluding hydrogens is 328 g/mol. The van der Waals surface area contributed by atoms with Gasteiger partial charge in [0.2, 0.25) is 17.7 Å². The molecule has 5 rings (SSSR count). The van der Waals surface area contributed by atoms with Crippen molar-refractivity contribution < 1.29 is 9.21 Å². The van der Waals surface area contributed by atoms with Gasteiger partial charge in [-0.25, -0.2) is 4.68 Å². The zero-order valence-electron chi connectivity index (χ0n) is 15.4. The van der Waals surface area contributed by atoms with E-state index in [2.05, 4.69) is 4.68 Å². The lowest BCUT2D eigenvalue weighted by atomic mass is 9.64.